The molecule has 1 N–H and O–H groups in total. The Balaban J connectivity index is 2.00. The molecule has 1 fully saturated rings. The highest BCUT2D eigenvalue weighted by molar-refractivity contribution is 7.88. The van der Waals surface area contributed by atoms with Gasteiger partial charge in [0, 0.05) is 32.2 Å². The Labute approximate surface area is 120 Å². The minimum Gasteiger partial charge on any atom is -0.368 e. The summed E-state index contributed by atoms with van der Waals surface area (Å²) in [6.45, 7) is 4.54. The van der Waals surface area contributed by atoms with Crippen LogP contribution in [0.25, 0.3) is 0 Å². The molecule has 1 saturated heterocycles. The average molecular weight is 298 g/mol. The lowest BCUT2D eigenvalue weighted by Crippen LogP contribution is -2.48. The topological polar surface area (TPSA) is 65.5 Å². The van der Waals surface area contributed by atoms with Gasteiger partial charge >= 0.3 is 0 Å². The van der Waals surface area contributed by atoms with E-state index < -0.39 is 10.0 Å². The van der Waals surface area contributed by atoms with Crippen LogP contribution in [0.4, 0.5) is 5.69 Å². The third-order valence-electron chi connectivity index (χ3n) is 3.72. The number of aromatic nitrogens is 1. The Kier molecular flexibility index (Phi) is 4.62. The zero-order valence-electron chi connectivity index (χ0n) is 12.2. The van der Waals surface area contributed by atoms with Crippen LogP contribution in [-0.4, -0.2) is 57.2 Å². The molecule has 0 saturated carbocycles. The van der Waals surface area contributed by atoms with Crippen LogP contribution in [0.1, 0.15) is 18.7 Å². The summed E-state index contributed by atoms with van der Waals surface area (Å²) in [4.78, 5) is 6.63. The Morgan fingerprint density at radius 1 is 1.25 bits per heavy atom. The van der Waals surface area contributed by atoms with E-state index in [9.17, 15) is 8.42 Å². The molecule has 0 aromatic carbocycles. The first kappa shape index (κ1) is 15.2. The molecule has 0 bridgehead atoms. The van der Waals surface area contributed by atoms with Crippen molar-refractivity contribution in [1.82, 2.24) is 14.6 Å². The monoisotopic (exact) mass is 298 g/mol. The van der Waals surface area contributed by atoms with Crippen molar-refractivity contribution >= 4 is 15.7 Å². The first-order valence-electron chi connectivity index (χ1n) is 6.75. The summed E-state index contributed by atoms with van der Waals surface area (Å²) >= 11 is 0. The molecule has 0 radical (unpaired) electrons. The molecule has 7 heteroatoms. The highest BCUT2D eigenvalue weighted by Crippen LogP contribution is 2.18. The molecule has 0 spiro atoms. The quantitative estimate of drug-likeness (QED) is 0.874. The van der Waals surface area contributed by atoms with Gasteiger partial charge in [-0.25, -0.2) is 8.42 Å². The van der Waals surface area contributed by atoms with Gasteiger partial charge in [0.15, 0.2) is 0 Å². The van der Waals surface area contributed by atoms with Crippen molar-refractivity contribution in [3.8, 4) is 0 Å². The van der Waals surface area contributed by atoms with Crippen molar-refractivity contribution in [2.45, 2.75) is 13.0 Å². The molecule has 1 aromatic heterocycles. The Morgan fingerprint density at radius 2 is 1.90 bits per heavy atom. The van der Waals surface area contributed by atoms with E-state index in [2.05, 4.69) is 22.1 Å². The van der Waals surface area contributed by atoms with Crippen LogP contribution in [0.2, 0.25) is 0 Å². The Morgan fingerprint density at radius 3 is 2.35 bits per heavy atom. The Hall–Kier alpha value is -1.18. The van der Waals surface area contributed by atoms with Crippen molar-refractivity contribution in [2.24, 2.45) is 0 Å². The maximum Gasteiger partial charge on any atom is 0.211 e. The second-order valence-electron chi connectivity index (χ2n) is 5.10. The van der Waals surface area contributed by atoms with Crippen molar-refractivity contribution < 1.29 is 8.42 Å². The van der Waals surface area contributed by atoms with Gasteiger partial charge in [0.25, 0.3) is 0 Å². The number of sulfonamides is 1. The molecule has 2 heterocycles. The third kappa shape index (κ3) is 3.47. The van der Waals surface area contributed by atoms with Crippen LogP contribution in [0.3, 0.4) is 0 Å². The van der Waals surface area contributed by atoms with Gasteiger partial charge in [-0.2, -0.15) is 4.31 Å². The lowest BCUT2D eigenvalue weighted by molar-refractivity contribution is 0.388. The van der Waals surface area contributed by atoms with E-state index in [-0.39, 0.29) is 6.04 Å². The van der Waals surface area contributed by atoms with Crippen LogP contribution in [0.5, 0.6) is 0 Å². The van der Waals surface area contributed by atoms with E-state index in [0.717, 1.165) is 11.4 Å². The number of pyridine rings is 1. The molecule has 0 aliphatic carbocycles. The molecule has 1 aliphatic heterocycles. The third-order valence-corrected chi connectivity index (χ3v) is 5.02. The van der Waals surface area contributed by atoms with Gasteiger partial charge in [-0.15, -0.1) is 0 Å². The second-order valence-corrected chi connectivity index (χ2v) is 7.08. The number of anilines is 1. The molecular weight excluding hydrogens is 276 g/mol. The number of rotatable bonds is 4. The first-order valence-corrected chi connectivity index (χ1v) is 8.60. The number of hydrogen-bond acceptors (Lipinski definition) is 5. The fourth-order valence-electron chi connectivity index (χ4n) is 2.27. The predicted octanol–water partition coefficient (Wildman–Crippen LogP) is 0.444. The molecule has 6 nitrogen and oxygen atoms in total. The highest BCUT2D eigenvalue weighted by Gasteiger charge is 2.23. The summed E-state index contributed by atoms with van der Waals surface area (Å²) in [5, 5.41) is 3.15. The van der Waals surface area contributed by atoms with E-state index >= 15 is 0 Å². The maximum atomic E-state index is 11.5. The molecule has 1 aromatic rings. The molecule has 2 rings (SSSR count). The molecule has 1 aliphatic rings. The number of nitrogens with one attached hydrogen (secondary N) is 1. The highest BCUT2D eigenvalue weighted by atomic mass is 32.2. The SMILES string of the molecule is CNC(C)c1ccc(N2CCN(S(C)(=O)=O)CC2)cn1. The lowest BCUT2D eigenvalue weighted by atomic mass is 10.2. The minimum absolute atomic E-state index is 0.228. The summed E-state index contributed by atoms with van der Waals surface area (Å²) in [7, 11) is -1.16. The first-order chi connectivity index (χ1) is 9.41. The van der Waals surface area contributed by atoms with Gasteiger partial charge in [0.2, 0.25) is 10.0 Å². The average Bonchev–Trinajstić information content (AvgIpc) is 2.46. The van der Waals surface area contributed by atoms with Gasteiger partial charge in [0.05, 0.1) is 23.8 Å². The van der Waals surface area contributed by atoms with E-state index in [1.54, 1.807) is 0 Å². The van der Waals surface area contributed by atoms with Crippen molar-refractivity contribution in [3.05, 3.63) is 24.0 Å². The maximum absolute atomic E-state index is 11.5. The molecule has 1 atom stereocenters. The van der Waals surface area contributed by atoms with Crippen molar-refractivity contribution in [3.63, 3.8) is 0 Å². The van der Waals surface area contributed by atoms with Gasteiger partial charge in [-0.3, -0.25) is 4.98 Å². The largest absolute Gasteiger partial charge is 0.368 e. The normalized spacial score (nSPS) is 19.1. The summed E-state index contributed by atoms with van der Waals surface area (Å²) in [6.07, 6.45) is 3.12. The van der Waals surface area contributed by atoms with E-state index in [0.29, 0.717) is 26.2 Å². The molecule has 20 heavy (non-hydrogen) atoms. The molecular formula is C13H22N4O2S. The van der Waals surface area contributed by atoms with E-state index in [4.69, 9.17) is 0 Å². The number of nitrogens with zero attached hydrogens (tertiary/aromatic N) is 3. The standard InChI is InChI=1S/C13H22N4O2S/c1-11(14-2)13-5-4-12(10-15-13)16-6-8-17(9-7-16)20(3,18)19/h4-5,10-11,14H,6-9H2,1-3H3. The van der Waals surface area contributed by atoms with Crippen LogP contribution in [0.15, 0.2) is 18.3 Å². The van der Waals surface area contributed by atoms with Crippen LogP contribution in [0, 0.1) is 0 Å². The van der Waals surface area contributed by atoms with Crippen molar-refractivity contribution in [2.75, 3.05) is 44.4 Å². The number of piperazine rings is 1. The van der Waals surface area contributed by atoms with Gasteiger partial charge in [-0.05, 0) is 26.1 Å². The van der Waals surface area contributed by atoms with Crippen molar-refractivity contribution in [1.29, 1.82) is 0 Å². The summed E-state index contributed by atoms with van der Waals surface area (Å²) in [5.74, 6) is 0. The van der Waals surface area contributed by atoms with E-state index in [1.807, 2.05) is 25.4 Å². The lowest BCUT2D eigenvalue weighted by Gasteiger charge is -2.34. The zero-order chi connectivity index (χ0) is 14.8. The summed E-state index contributed by atoms with van der Waals surface area (Å²) in [5.41, 5.74) is 2.05. The Bertz CT molecular complexity index is 536. The minimum atomic E-state index is -3.07. The number of hydrogen-bond donors (Lipinski definition) is 1. The molecule has 112 valence electrons. The smallest absolute Gasteiger partial charge is 0.211 e. The van der Waals surface area contributed by atoms with E-state index in [1.165, 1.54) is 10.6 Å². The molecule has 0 amide bonds. The fraction of sp³-hybridized carbons (Fsp3) is 0.615. The van der Waals surface area contributed by atoms with Gasteiger partial charge < -0.3 is 10.2 Å². The van der Waals surface area contributed by atoms with Crippen LogP contribution >= 0.6 is 0 Å². The van der Waals surface area contributed by atoms with Gasteiger partial charge in [0.1, 0.15) is 0 Å². The second kappa shape index (κ2) is 6.07. The van der Waals surface area contributed by atoms with Crippen LogP contribution < -0.4 is 10.2 Å². The fourth-order valence-corrected chi connectivity index (χ4v) is 3.09. The zero-order valence-corrected chi connectivity index (χ0v) is 13.0. The van der Waals surface area contributed by atoms with Gasteiger partial charge in [-0.1, -0.05) is 0 Å². The van der Waals surface area contributed by atoms with Crippen LogP contribution in [-0.2, 0) is 10.0 Å². The summed E-state index contributed by atoms with van der Waals surface area (Å²) < 4.78 is 24.5. The molecule has 1 unspecified atom stereocenters. The predicted molar refractivity (Wildman–Crippen MR) is 80.3 cm³/mol. The summed E-state index contributed by atoms with van der Waals surface area (Å²) in [6, 6.07) is 4.29.